The Kier molecular flexibility index (Phi) is 9.83. The van der Waals surface area contributed by atoms with Crippen molar-refractivity contribution < 1.29 is 19.0 Å². The van der Waals surface area contributed by atoms with Crippen LogP contribution in [-0.4, -0.2) is 71.7 Å². The zero-order valence-electron chi connectivity index (χ0n) is 24.2. The number of aliphatic carboxylic acids is 1. The van der Waals surface area contributed by atoms with Crippen LogP contribution in [0.15, 0.2) is 24.3 Å². The standard InChI is InChI=1S/C31H45FN4O3/c1-20(2)23-18-25(29(39-5)26(32)19-23)28(31(37)38)36-17-14-27(21(36)3)35(4)16-8-6-7-11-24-13-12-22-10-9-15-33-30(22)34-24/h12-13,18-21,27-28H,6-11,14-17H2,1-5H3,(H,33,34)(H,37,38)/t21-,27-,28+/m0/s1. The van der Waals surface area contributed by atoms with Gasteiger partial charge in [-0.3, -0.25) is 9.69 Å². The molecule has 2 aromatic rings. The summed E-state index contributed by atoms with van der Waals surface area (Å²) >= 11 is 0. The first-order chi connectivity index (χ1) is 18.7. The van der Waals surface area contributed by atoms with Crippen LogP contribution in [0.5, 0.6) is 5.75 Å². The molecule has 0 amide bonds. The quantitative estimate of drug-likeness (QED) is 0.337. The molecule has 1 aromatic carbocycles. The van der Waals surface area contributed by atoms with Gasteiger partial charge in [-0.05, 0) is 94.3 Å². The van der Waals surface area contributed by atoms with E-state index in [2.05, 4.69) is 36.3 Å². The molecule has 0 bridgehead atoms. The Morgan fingerprint density at radius 1 is 1.28 bits per heavy atom. The Hall–Kier alpha value is -2.71. The number of ether oxygens (including phenoxy) is 1. The molecule has 0 radical (unpaired) electrons. The third-order valence-corrected chi connectivity index (χ3v) is 8.55. The number of rotatable bonds is 12. The smallest absolute Gasteiger partial charge is 0.325 e. The molecule has 1 fully saturated rings. The lowest BCUT2D eigenvalue weighted by atomic mass is 9.95. The van der Waals surface area contributed by atoms with Crippen molar-refractivity contribution in [3.63, 3.8) is 0 Å². The van der Waals surface area contributed by atoms with E-state index >= 15 is 0 Å². The number of aromatic nitrogens is 1. The fourth-order valence-corrected chi connectivity index (χ4v) is 6.26. The first-order valence-corrected chi connectivity index (χ1v) is 14.5. The SMILES string of the molecule is COc1c(F)cc(C(C)C)cc1[C@H](C(=O)O)N1CC[C@H](N(C)CCCCCc2ccc3c(n2)NCCC3)[C@@H]1C. The van der Waals surface area contributed by atoms with Gasteiger partial charge in [0.05, 0.1) is 7.11 Å². The van der Waals surface area contributed by atoms with Crippen molar-refractivity contribution in [1.82, 2.24) is 14.8 Å². The minimum absolute atomic E-state index is 0.0127. The number of likely N-dealkylation sites (N-methyl/N-ethyl adjacent to an activating group) is 1. The van der Waals surface area contributed by atoms with Crippen LogP contribution in [0, 0.1) is 5.82 Å². The minimum atomic E-state index is -0.977. The van der Waals surface area contributed by atoms with E-state index in [1.165, 1.54) is 25.2 Å². The number of likely N-dealkylation sites (tertiary alicyclic amines) is 1. The zero-order valence-corrected chi connectivity index (χ0v) is 24.2. The summed E-state index contributed by atoms with van der Waals surface area (Å²) in [6, 6.07) is 6.95. The Morgan fingerprint density at radius 3 is 2.79 bits per heavy atom. The molecule has 8 heteroatoms. The molecule has 0 unspecified atom stereocenters. The van der Waals surface area contributed by atoms with Crippen LogP contribution in [0.2, 0.25) is 0 Å². The van der Waals surface area contributed by atoms with Crippen molar-refractivity contribution in [2.45, 2.75) is 89.8 Å². The van der Waals surface area contributed by atoms with Crippen LogP contribution in [0.1, 0.15) is 87.2 Å². The summed E-state index contributed by atoms with van der Waals surface area (Å²) in [5.74, 6) is -0.315. The molecule has 4 rings (SSSR count). The van der Waals surface area contributed by atoms with Gasteiger partial charge in [-0.2, -0.15) is 0 Å². The topological polar surface area (TPSA) is 77.9 Å². The van der Waals surface area contributed by atoms with E-state index < -0.39 is 17.8 Å². The molecule has 2 aliphatic heterocycles. The molecule has 1 saturated heterocycles. The number of carboxylic acids is 1. The third kappa shape index (κ3) is 6.72. The molecule has 39 heavy (non-hydrogen) atoms. The largest absolute Gasteiger partial charge is 0.493 e. The van der Waals surface area contributed by atoms with Crippen LogP contribution >= 0.6 is 0 Å². The number of fused-ring (bicyclic) bond motifs is 1. The fraction of sp³-hybridized carbons (Fsp3) is 0.613. The second-order valence-corrected chi connectivity index (χ2v) is 11.5. The highest BCUT2D eigenvalue weighted by atomic mass is 19.1. The van der Waals surface area contributed by atoms with E-state index in [1.807, 2.05) is 24.8 Å². The maximum atomic E-state index is 14.9. The number of aryl methyl sites for hydroxylation is 2. The normalized spacial score (nSPS) is 20.2. The van der Waals surface area contributed by atoms with Gasteiger partial charge in [-0.25, -0.2) is 9.37 Å². The van der Waals surface area contributed by atoms with Gasteiger partial charge in [0.25, 0.3) is 0 Å². The number of hydrogen-bond acceptors (Lipinski definition) is 6. The molecular weight excluding hydrogens is 495 g/mol. The fourth-order valence-electron chi connectivity index (χ4n) is 6.26. The van der Waals surface area contributed by atoms with Crippen molar-refractivity contribution in [2.75, 3.05) is 39.1 Å². The Labute approximate surface area is 232 Å². The molecule has 214 valence electrons. The van der Waals surface area contributed by atoms with Crippen molar-refractivity contribution in [2.24, 2.45) is 0 Å². The molecule has 3 heterocycles. The van der Waals surface area contributed by atoms with Gasteiger partial charge in [0.2, 0.25) is 0 Å². The first-order valence-electron chi connectivity index (χ1n) is 14.5. The van der Waals surface area contributed by atoms with Crippen LogP contribution < -0.4 is 10.1 Å². The van der Waals surface area contributed by atoms with Crippen molar-refractivity contribution in [1.29, 1.82) is 0 Å². The van der Waals surface area contributed by atoms with Gasteiger partial charge in [-0.15, -0.1) is 0 Å². The number of anilines is 1. The van der Waals surface area contributed by atoms with E-state index in [0.717, 1.165) is 68.7 Å². The average Bonchev–Trinajstić information content (AvgIpc) is 3.28. The molecule has 2 aliphatic rings. The van der Waals surface area contributed by atoms with E-state index in [0.29, 0.717) is 12.1 Å². The Bertz CT molecular complexity index is 1140. The average molecular weight is 541 g/mol. The third-order valence-electron chi connectivity index (χ3n) is 8.55. The van der Waals surface area contributed by atoms with E-state index in [1.54, 1.807) is 0 Å². The maximum Gasteiger partial charge on any atom is 0.325 e. The molecule has 1 aromatic heterocycles. The zero-order chi connectivity index (χ0) is 28.1. The van der Waals surface area contributed by atoms with E-state index in [-0.39, 0.29) is 23.8 Å². The van der Waals surface area contributed by atoms with Gasteiger partial charge < -0.3 is 20.1 Å². The van der Waals surface area contributed by atoms with Crippen molar-refractivity contribution >= 4 is 11.8 Å². The molecular formula is C31H45FN4O3. The molecule has 0 spiro atoms. The summed E-state index contributed by atoms with van der Waals surface area (Å²) in [5.41, 5.74) is 3.66. The first kappa shape index (κ1) is 29.3. The number of nitrogens with zero attached hydrogens (tertiary/aromatic N) is 3. The van der Waals surface area contributed by atoms with Crippen LogP contribution in [0.25, 0.3) is 0 Å². The van der Waals surface area contributed by atoms with Gasteiger partial charge in [0, 0.05) is 36.4 Å². The summed E-state index contributed by atoms with van der Waals surface area (Å²) in [6.45, 7) is 8.65. The maximum absolute atomic E-state index is 14.9. The van der Waals surface area contributed by atoms with Gasteiger partial charge in [0.15, 0.2) is 11.6 Å². The minimum Gasteiger partial charge on any atom is -0.493 e. The summed E-state index contributed by atoms with van der Waals surface area (Å²) in [5, 5.41) is 13.7. The molecule has 0 saturated carbocycles. The summed E-state index contributed by atoms with van der Waals surface area (Å²) in [7, 11) is 3.54. The molecule has 0 aliphatic carbocycles. The van der Waals surface area contributed by atoms with E-state index in [9.17, 15) is 14.3 Å². The number of methoxy groups -OCH3 is 1. The highest BCUT2D eigenvalue weighted by molar-refractivity contribution is 5.77. The molecule has 2 N–H and O–H groups in total. The number of carbonyl (C=O) groups is 1. The summed E-state index contributed by atoms with van der Waals surface area (Å²) in [4.78, 5) is 21.7. The van der Waals surface area contributed by atoms with Gasteiger partial charge in [-0.1, -0.05) is 26.3 Å². The number of carboxylic acid groups (broad SMARTS) is 1. The number of nitrogens with one attached hydrogen (secondary N) is 1. The Balaban J connectivity index is 1.33. The highest BCUT2D eigenvalue weighted by Crippen LogP contribution is 2.39. The predicted molar refractivity (Wildman–Crippen MR) is 153 cm³/mol. The number of benzene rings is 1. The molecule has 7 nitrogen and oxygen atoms in total. The van der Waals surface area contributed by atoms with Gasteiger partial charge >= 0.3 is 5.97 Å². The van der Waals surface area contributed by atoms with Crippen LogP contribution in [0.4, 0.5) is 10.2 Å². The monoisotopic (exact) mass is 540 g/mol. The predicted octanol–water partition coefficient (Wildman–Crippen LogP) is 5.64. The van der Waals surface area contributed by atoms with Crippen molar-refractivity contribution in [3.05, 3.63) is 52.5 Å². The summed E-state index contributed by atoms with van der Waals surface area (Å²) < 4.78 is 20.3. The number of hydrogen-bond donors (Lipinski definition) is 2. The summed E-state index contributed by atoms with van der Waals surface area (Å²) in [6.07, 6.45) is 7.46. The van der Waals surface area contributed by atoms with Gasteiger partial charge in [0.1, 0.15) is 11.9 Å². The molecule has 3 atom stereocenters. The lowest BCUT2D eigenvalue weighted by molar-refractivity contribution is -0.144. The second-order valence-electron chi connectivity index (χ2n) is 11.5. The lowest BCUT2D eigenvalue weighted by Gasteiger charge is -2.34. The van der Waals surface area contributed by atoms with Crippen molar-refractivity contribution in [3.8, 4) is 5.75 Å². The van der Waals surface area contributed by atoms with Crippen LogP contribution in [-0.2, 0) is 17.6 Å². The Morgan fingerprint density at radius 2 is 2.08 bits per heavy atom. The number of pyridine rings is 1. The highest BCUT2D eigenvalue weighted by Gasteiger charge is 2.42. The lowest BCUT2D eigenvalue weighted by Crippen LogP contribution is -2.44. The van der Waals surface area contributed by atoms with E-state index in [4.69, 9.17) is 9.72 Å². The van der Waals surface area contributed by atoms with Crippen LogP contribution in [0.3, 0.4) is 0 Å². The number of halogens is 1. The second kappa shape index (κ2) is 13.1. The number of unbranched alkanes of at least 4 members (excludes halogenated alkanes) is 2.